The quantitative estimate of drug-likeness (QED) is 0.558. The minimum absolute atomic E-state index is 0.422. The molecular formula is C8H15NO7. The van der Waals surface area contributed by atoms with Crippen molar-refractivity contribution in [3.8, 4) is 0 Å². The van der Waals surface area contributed by atoms with Crippen molar-refractivity contribution in [3.05, 3.63) is 0 Å². The fourth-order valence-electron chi connectivity index (χ4n) is 0.462. The van der Waals surface area contributed by atoms with Crippen molar-refractivity contribution < 1.29 is 34.4 Å². The van der Waals surface area contributed by atoms with E-state index < -0.39 is 30.4 Å². The van der Waals surface area contributed by atoms with Crippen LogP contribution in [0.5, 0.6) is 0 Å². The van der Waals surface area contributed by atoms with E-state index in [1.54, 1.807) is 20.8 Å². The van der Waals surface area contributed by atoms with E-state index in [-0.39, 0.29) is 0 Å². The highest BCUT2D eigenvalue weighted by atomic mass is 16.6. The number of carboxylic acid groups (broad SMARTS) is 3. The topological polar surface area (TPSA) is 133 Å². The van der Waals surface area contributed by atoms with Gasteiger partial charge < -0.3 is 25.4 Å². The van der Waals surface area contributed by atoms with Gasteiger partial charge in [-0.05, 0) is 20.8 Å². The lowest BCUT2D eigenvalue weighted by Gasteiger charge is -2.19. The second kappa shape index (κ2) is 7.32. The van der Waals surface area contributed by atoms with E-state index >= 15 is 0 Å². The van der Waals surface area contributed by atoms with Gasteiger partial charge in [0.25, 0.3) is 0 Å². The zero-order valence-electron chi connectivity index (χ0n) is 9.18. The first-order chi connectivity index (χ1) is 7.04. The summed E-state index contributed by atoms with van der Waals surface area (Å²) < 4.78 is 4.77. The largest absolute Gasteiger partial charge is 0.503 e. The van der Waals surface area contributed by atoms with E-state index in [1.165, 1.54) is 0 Å². The van der Waals surface area contributed by atoms with E-state index in [0.29, 0.717) is 0 Å². The van der Waals surface area contributed by atoms with Gasteiger partial charge >= 0.3 is 18.2 Å². The highest BCUT2D eigenvalue weighted by Gasteiger charge is 2.15. The van der Waals surface area contributed by atoms with Crippen LogP contribution in [0.3, 0.4) is 0 Å². The Kier molecular flexibility index (Phi) is 7.52. The van der Waals surface area contributed by atoms with Gasteiger partial charge in [-0.25, -0.2) is 9.59 Å². The van der Waals surface area contributed by atoms with Crippen LogP contribution in [0.2, 0.25) is 0 Å². The van der Waals surface area contributed by atoms with Gasteiger partial charge in [0.2, 0.25) is 0 Å². The third kappa shape index (κ3) is 22.7. The molecule has 0 heterocycles. The Labute approximate surface area is 91.8 Å². The monoisotopic (exact) mass is 237 g/mol. The van der Waals surface area contributed by atoms with Crippen LogP contribution in [0, 0.1) is 0 Å². The number of amides is 1. The molecule has 0 bridgehead atoms. The summed E-state index contributed by atoms with van der Waals surface area (Å²) in [4.78, 5) is 29.3. The number of alkyl carbamates (subject to hydrolysis) is 1. The third-order valence-electron chi connectivity index (χ3n) is 0.783. The Morgan fingerprint density at radius 3 is 1.75 bits per heavy atom. The number of hydrogen-bond donors (Lipinski definition) is 4. The normalized spacial score (nSPS) is 9.44. The van der Waals surface area contributed by atoms with Crippen LogP contribution in [-0.4, -0.2) is 45.7 Å². The van der Waals surface area contributed by atoms with Crippen molar-refractivity contribution >= 4 is 18.2 Å². The summed E-state index contributed by atoms with van der Waals surface area (Å²) in [5.41, 5.74) is -0.595. The fourth-order valence-corrected chi connectivity index (χ4v) is 0.462. The molecule has 0 aliphatic heterocycles. The molecule has 0 aliphatic carbocycles. The number of carbonyl (C=O) groups is 3. The molecule has 0 atom stereocenters. The highest BCUT2D eigenvalue weighted by molar-refractivity contribution is 5.76. The van der Waals surface area contributed by atoms with Crippen LogP contribution >= 0.6 is 0 Å². The minimum atomic E-state index is -1.83. The van der Waals surface area contributed by atoms with Gasteiger partial charge in [0.05, 0.1) is 0 Å². The molecule has 0 saturated carbocycles. The van der Waals surface area contributed by atoms with E-state index in [9.17, 15) is 9.59 Å². The molecule has 94 valence electrons. The number of carboxylic acids is 1. The molecule has 8 nitrogen and oxygen atoms in total. The summed E-state index contributed by atoms with van der Waals surface area (Å²) in [5, 5.41) is 24.2. The number of carbonyl (C=O) groups excluding carboxylic acids is 1. The maximum absolute atomic E-state index is 10.8. The van der Waals surface area contributed by atoms with Gasteiger partial charge in [0.1, 0.15) is 12.1 Å². The number of hydrogen-bond acceptors (Lipinski definition) is 4. The van der Waals surface area contributed by atoms with Crippen LogP contribution < -0.4 is 5.32 Å². The number of nitrogens with one attached hydrogen (secondary N) is 1. The standard InChI is InChI=1S/C7H13NO4.CH2O3/c1-7(2,3)12-6(11)8-4-5(9)10;2-1(3)4/h4H2,1-3H3,(H,8,11)(H,9,10);(H2,2,3,4). The molecule has 0 spiro atoms. The average molecular weight is 237 g/mol. The number of aliphatic carboxylic acids is 1. The van der Waals surface area contributed by atoms with Gasteiger partial charge in [0.15, 0.2) is 0 Å². The molecule has 0 fully saturated rings. The molecule has 0 unspecified atom stereocenters. The fraction of sp³-hybridized carbons (Fsp3) is 0.625. The van der Waals surface area contributed by atoms with E-state index in [4.69, 9.17) is 24.9 Å². The number of rotatable bonds is 2. The van der Waals surface area contributed by atoms with Crippen LogP contribution in [-0.2, 0) is 9.53 Å². The molecule has 0 aliphatic rings. The van der Waals surface area contributed by atoms with Crippen molar-refractivity contribution in [1.82, 2.24) is 5.32 Å². The maximum Gasteiger partial charge on any atom is 0.503 e. The van der Waals surface area contributed by atoms with Crippen LogP contribution in [0.1, 0.15) is 20.8 Å². The van der Waals surface area contributed by atoms with Gasteiger partial charge in [-0.1, -0.05) is 0 Å². The van der Waals surface area contributed by atoms with Crippen LogP contribution in [0.15, 0.2) is 0 Å². The minimum Gasteiger partial charge on any atom is -0.480 e. The molecular weight excluding hydrogens is 222 g/mol. The van der Waals surface area contributed by atoms with Crippen molar-refractivity contribution in [3.63, 3.8) is 0 Å². The average Bonchev–Trinajstić information content (AvgIpc) is 1.96. The zero-order chi connectivity index (χ0) is 13.4. The molecule has 4 N–H and O–H groups in total. The molecule has 1 amide bonds. The van der Waals surface area contributed by atoms with Gasteiger partial charge in [-0.3, -0.25) is 4.79 Å². The molecule has 0 radical (unpaired) electrons. The molecule has 0 saturated heterocycles. The zero-order valence-corrected chi connectivity index (χ0v) is 9.18. The Bertz CT molecular complexity index is 252. The smallest absolute Gasteiger partial charge is 0.480 e. The summed E-state index contributed by atoms with van der Waals surface area (Å²) in [6, 6.07) is 0. The first-order valence-corrected chi connectivity index (χ1v) is 4.15. The first kappa shape index (κ1) is 16.4. The maximum atomic E-state index is 10.8. The molecule has 8 heteroatoms. The summed E-state index contributed by atoms with van der Waals surface area (Å²) in [6.07, 6.45) is -2.55. The second-order valence-corrected chi connectivity index (χ2v) is 3.53. The van der Waals surface area contributed by atoms with Crippen LogP contribution in [0.4, 0.5) is 9.59 Å². The molecule has 0 aromatic heterocycles. The van der Waals surface area contributed by atoms with E-state index in [1.807, 2.05) is 0 Å². The van der Waals surface area contributed by atoms with Crippen molar-refractivity contribution in [2.75, 3.05) is 6.54 Å². The van der Waals surface area contributed by atoms with Crippen molar-refractivity contribution in [2.45, 2.75) is 26.4 Å². The Hall–Kier alpha value is -1.99. The predicted octanol–water partition coefficient (Wildman–Crippen LogP) is 0.818. The summed E-state index contributed by atoms with van der Waals surface area (Å²) in [7, 11) is 0. The van der Waals surface area contributed by atoms with E-state index in [0.717, 1.165) is 0 Å². The molecule has 0 aromatic rings. The summed E-state index contributed by atoms with van der Waals surface area (Å²) in [5.74, 6) is -1.10. The highest BCUT2D eigenvalue weighted by Crippen LogP contribution is 2.05. The Balaban J connectivity index is 0. The van der Waals surface area contributed by atoms with Crippen LogP contribution in [0.25, 0.3) is 0 Å². The van der Waals surface area contributed by atoms with Gasteiger partial charge in [-0.15, -0.1) is 0 Å². The van der Waals surface area contributed by atoms with Crippen molar-refractivity contribution in [1.29, 1.82) is 0 Å². The van der Waals surface area contributed by atoms with Gasteiger partial charge in [0, 0.05) is 0 Å². The predicted molar refractivity (Wildman–Crippen MR) is 52.5 cm³/mol. The lowest BCUT2D eigenvalue weighted by Crippen LogP contribution is -2.35. The Morgan fingerprint density at radius 2 is 1.50 bits per heavy atom. The number of ether oxygens (including phenoxy) is 1. The third-order valence-corrected chi connectivity index (χ3v) is 0.783. The molecule has 0 rings (SSSR count). The lowest BCUT2D eigenvalue weighted by atomic mass is 10.2. The van der Waals surface area contributed by atoms with E-state index in [2.05, 4.69) is 5.32 Å². The second-order valence-electron chi connectivity index (χ2n) is 3.53. The first-order valence-electron chi connectivity index (χ1n) is 4.15. The summed E-state index contributed by atoms with van der Waals surface area (Å²) >= 11 is 0. The summed E-state index contributed by atoms with van der Waals surface area (Å²) in [6.45, 7) is 4.68. The van der Waals surface area contributed by atoms with Gasteiger partial charge in [-0.2, -0.15) is 0 Å². The Morgan fingerprint density at radius 1 is 1.12 bits per heavy atom. The SMILES string of the molecule is CC(C)(C)OC(=O)NCC(=O)O.O=C(O)O. The lowest BCUT2D eigenvalue weighted by molar-refractivity contribution is -0.136. The molecule has 0 aromatic carbocycles. The van der Waals surface area contributed by atoms with Crippen molar-refractivity contribution in [2.24, 2.45) is 0 Å². The molecule has 16 heavy (non-hydrogen) atoms.